The first-order valence-corrected chi connectivity index (χ1v) is 8.40. The van der Waals surface area contributed by atoms with Crippen LogP contribution in [0.25, 0.3) is 0 Å². The van der Waals surface area contributed by atoms with E-state index < -0.39 is 0 Å². The molecule has 3 rings (SSSR count). The normalized spacial score (nSPS) is 12.3. The number of hydrogen-bond donors (Lipinski definition) is 0. The first-order valence-electron chi connectivity index (χ1n) is 8.40. The number of nitrogens with zero attached hydrogens (tertiary/aromatic N) is 2. The first-order chi connectivity index (χ1) is 12.2. The van der Waals surface area contributed by atoms with E-state index in [1.165, 1.54) is 0 Å². The van der Waals surface area contributed by atoms with Crippen LogP contribution in [0.1, 0.15) is 30.9 Å². The quantitative estimate of drug-likeness (QED) is 0.836. The molecule has 1 aliphatic heterocycles. The molecule has 0 aliphatic carbocycles. The molecular formula is C20H20N2O3. The van der Waals surface area contributed by atoms with E-state index in [9.17, 15) is 4.79 Å². The maximum Gasteiger partial charge on any atom is 0.227 e. The Labute approximate surface area is 147 Å². The van der Waals surface area contributed by atoms with Crippen LogP contribution in [0.3, 0.4) is 0 Å². The molecule has 0 atom stereocenters. The van der Waals surface area contributed by atoms with Crippen LogP contribution in [0.4, 0.5) is 5.69 Å². The second kappa shape index (κ2) is 7.71. The highest BCUT2D eigenvalue weighted by Crippen LogP contribution is 2.31. The summed E-state index contributed by atoms with van der Waals surface area (Å²) in [6.07, 6.45) is 1.23. The van der Waals surface area contributed by atoms with E-state index in [1.54, 1.807) is 23.1 Å². The maximum atomic E-state index is 12.6. The number of ether oxygens (including phenoxy) is 2. The highest BCUT2D eigenvalue weighted by molar-refractivity contribution is 5.93. The Morgan fingerprint density at radius 1 is 1.16 bits per heavy atom. The van der Waals surface area contributed by atoms with E-state index in [0.717, 1.165) is 23.4 Å². The van der Waals surface area contributed by atoms with E-state index in [2.05, 4.69) is 6.07 Å². The van der Waals surface area contributed by atoms with Gasteiger partial charge >= 0.3 is 0 Å². The van der Waals surface area contributed by atoms with Crippen molar-refractivity contribution >= 4 is 11.6 Å². The lowest BCUT2D eigenvalue weighted by Gasteiger charge is -2.24. The van der Waals surface area contributed by atoms with Crippen molar-refractivity contribution in [1.82, 2.24) is 0 Å². The van der Waals surface area contributed by atoms with Gasteiger partial charge in [-0.2, -0.15) is 5.26 Å². The van der Waals surface area contributed by atoms with Crippen LogP contribution in [-0.2, 0) is 11.3 Å². The van der Waals surface area contributed by atoms with Crippen molar-refractivity contribution in [3.63, 3.8) is 0 Å². The van der Waals surface area contributed by atoms with Gasteiger partial charge in [-0.25, -0.2) is 0 Å². The van der Waals surface area contributed by atoms with E-state index >= 15 is 0 Å². The van der Waals surface area contributed by atoms with Crippen molar-refractivity contribution in [2.45, 2.75) is 26.3 Å². The van der Waals surface area contributed by atoms with Crippen molar-refractivity contribution in [3.05, 3.63) is 53.6 Å². The Balaban J connectivity index is 1.89. The van der Waals surface area contributed by atoms with Gasteiger partial charge < -0.3 is 14.4 Å². The molecule has 0 aromatic heterocycles. The van der Waals surface area contributed by atoms with Crippen LogP contribution in [0.5, 0.6) is 11.5 Å². The van der Waals surface area contributed by atoms with Crippen molar-refractivity contribution in [2.75, 3.05) is 18.1 Å². The average Bonchev–Trinajstić information content (AvgIpc) is 2.66. The number of carbonyl (C=O) groups excluding carboxylic acids is 1. The second-order valence-corrected chi connectivity index (χ2v) is 5.87. The molecule has 0 bridgehead atoms. The third-order valence-electron chi connectivity index (χ3n) is 4.00. The summed E-state index contributed by atoms with van der Waals surface area (Å²) < 4.78 is 11.2. The summed E-state index contributed by atoms with van der Waals surface area (Å²) in [5.74, 6) is 1.47. The molecule has 0 spiro atoms. The Hall–Kier alpha value is -3.00. The Bertz CT molecular complexity index is 811. The van der Waals surface area contributed by atoms with Gasteiger partial charge in [0, 0.05) is 12.1 Å². The molecule has 2 aromatic rings. The highest BCUT2D eigenvalue weighted by atomic mass is 16.6. The van der Waals surface area contributed by atoms with Crippen LogP contribution < -0.4 is 14.4 Å². The van der Waals surface area contributed by atoms with Gasteiger partial charge in [-0.1, -0.05) is 19.1 Å². The van der Waals surface area contributed by atoms with Crippen LogP contribution in [0.15, 0.2) is 42.5 Å². The molecule has 5 nitrogen and oxygen atoms in total. The van der Waals surface area contributed by atoms with Gasteiger partial charge in [-0.3, -0.25) is 4.79 Å². The number of hydrogen-bond acceptors (Lipinski definition) is 4. The molecular weight excluding hydrogens is 316 g/mol. The molecule has 1 amide bonds. The number of rotatable bonds is 5. The zero-order chi connectivity index (χ0) is 17.6. The largest absolute Gasteiger partial charge is 0.486 e. The Morgan fingerprint density at radius 2 is 1.96 bits per heavy atom. The fourth-order valence-corrected chi connectivity index (χ4v) is 2.78. The van der Waals surface area contributed by atoms with Crippen molar-refractivity contribution in [3.8, 4) is 17.6 Å². The van der Waals surface area contributed by atoms with Gasteiger partial charge in [0.05, 0.1) is 18.2 Å². The average molecular weight is 336 g/mol. The lowest BCUT2D eigenvalue weighted by Crippen LogP contribution is -2.30. The fraction of sp³-hybridized carbons (Fsp3) is 0.300. The third-order valence-corrected chi connectivity index (χ3v) is 4.00. The minimum atomic E-state index is 0.0347. The summed E-state index contributed by atoms with van der Waals surface area (Å²) in [5.41, 5.74) is 2.22. The zero-order valence-electron chi connectivity index (χ0n) is 14.2. The highest BCUT2D eigenvalue weighted by Gasteiger charge is 2.18. The summed E-state index contributed by atoms with van der Waals surface area (Å²) in [6, 6.07) is 15.0. The summed E-state index contributed by atoms with van der Waals surface area (Å²) in [5, 5.41) is 9.12. The molecule has 0 unspecified atom stereocenters. The van der Waals surface area contributed by atoms with Crippen LogP contribution in [0, 0.1) is 11.3 Å². The maximum absolute atomic E-state index is 12.6. The lowest BCUT2D eigenvalue weighted by molar-refractivity contribution is -0.118. The number of fused-ring (bicyclic) bond motifs is 1. The molecule has 0 saturated carbocycles. The molecule has 25 heavy (non-hydrogen) atoms. The topological polar surface area (TPSA) is 62.6 Å². The van der Waals surface area contributed by atoms with Crippen LogP contribution >= 0.6 is 0 Å². The molecule has 0 N–H and O–H groups in total. The van der Waals surface area contributed by atoms with Gasteiger partial charge in [0.2, 0.25) is 5.91 Å². The van der Waals surface area contributed by atoms with Gasteiger partial charge in [0.1, 0.15) is 13.2 Å². The molecule has 1 aliphatic rings. The summed E-state index contributed by atoms with van der Waals surface area (Å²) in [6.45, 7) is 3.48. The zero-order valence-corrected chi connectivity index (χ0v) is 14.2. The summed E-state index contributed by atoms with van der Waals surface area (Å²) in [7, 11) is 0. The standard InChI is InChI=1S/C20H20N2O3/c1-2-4-20(23)22(17-6-3-5-15(11-17)13-21)14-16-7-8-18-19(12-16)25-10-9-24-18/h3,5-8,11-12H,2,4,9-10,14H2,1H3. The number of benzene rings is 2. The summed E-state index contributed by atoms with van der Waals surface area (Å²) in [4.78, 5) is 14.3. The lowest BCUT2D eigenvalue weighted by atomic mass is 10.1. The van der Waals surface area contributed by atoms with E-state index in [-0.39, 0.29) is 5.91 Å². The SMILES string of the molecule is CCCC(=O)N(Cc1ccc2c(c1)OCCO2)c1cccc(C#N)c1. The van der Waals surface area contributed by atoms with Crippen molar-refractivity contribution in [1.29, 1.82) is 5.26 Å². The number of nitriles is 1. The number of amides is 1. The Morgan fingerprint density at radius 3 is 2.72 bits per heavy atom. The second-order valence-electron chi connectivity index (χ2n) is 5.87. The fourth-order valence-electron chi connectivity index (χ4n) is 2.78. The van der Waals surface area contributed by atoms with E-state index in [4.69, 9.17) is 14.7 Å². The summed E-state index contributed by atoms with van der Waals surface area (Å²) >= 11 is 0. The number of carbonyl (C=O) groups is 1. The number of anilines is 1. The van der Waals surface area contributed by atoms with Gasteiger partial charge in [0.25, 0.3) is 0 Å². The predicted octanol–water partition coefficient (Wildman–Crippen LogP) is 3.66. The van der Waals surface area contributed by atoms with Crippen LogP contribution in [-0.4, -0.2) is 19.1 Å². The molecule has 5 heteroatoms. The monoisotopic (exact) mass is 336 g/mol. The molecule has 0 radical (unpaired) electrons. The molecule has 2 aromatic carbocycles. The van der Waals surface area contributed by atoms with Crippen LogP contribution in [0.2, 0.25) is 0 Å². The predicted molar refractivity (Wildman–Crippen MR) is 94.7 cm³/mol. The van der Waals surface area contributed by atoms with E-state index in [0.29, 0.717) is 37.5 Å². The Kier molecular flexibility index (Phi) is 5.20. The van der Waals surface area contributed by atoms with Crippen molar-refractivity contribution < 1.29 is 14.3 Å². The third kappa shape index (κ3) is 3.92. The minimum Gasteiger partial charge on any atom is -0.486 e. The smallest absolute Gasteiger partial charge is 0.227 e. The molecule has 128 valence electrons. The van der Waals surface area contributed by atoms with Gasteiger partial charge in [0.15, 0.2) is 11.5 Å². The van der Waals surface area contributed by atoms with E-state index in [1.807, 2.05) is 31.2 Å². The molecule has 1 heterocycles. The molecule has 0 saturated heterocycles. The molecule has 0 fully saturated rings. The minimum absolute atomic E-state index is 0.0347. The first kappa shape index (κ1) is 16.8. The van der Waals surface area contributed by atoms with Gasteiger partial charge in [-0.05, 0) is 42.3 Å². The van der Waals surface area contributed by atoms with Gasteiger partial charge in [-0.15, -0.1) is 0 Å². The van der Waals surface area contributed by atoms with Crippen molar-refractivity contribution in [2.24, 2.45) is 0 Å².